The highest BCUT2D eigenvalue weighted by molar-refractivity contribution is 14.1. The number of carboxylic acids is 1. The molecule has 248 valence electrons. The number of aromatic nitrogens is 4. The number of nitrogens with zero attached hydrogens (tertiary/aromatic N) is 6. The normalized spacial score (nSPS) is 13.8. The van der Waals surface area contributed by atoms with E-state index >= 15 is 0 Å². The Hall–Kier alpha value is -3.91. The maximum Gasteiger partial charge on any atom is 0.355 e. The molecule has 1 aliphatic rings. The largest absolute Gasteiger partial charge is 0.491 e. The quantitative estimate of drug-likeness (QED) is 0.0601. The number of carboxylic acid groups (broad SMARTS) is 1. The zero-order chi connectivity index (χ0) is 33.8. The van der Waals surface area contributed by atoms with Crippen molar-refractivity contribution in [2.75, 3.05) is 43.5 Å². The Bertz CT molecular complexity index is 2010. The molecule has 0 amide bonds. The first kappa shape index (κ1) is 34.0. The van der Waals surface area contributed by atoms with Gasteiger partial charge in [-0.3, -0.25) is 2.70 Å². The minimum atomic E-state index is -1.09. The van der Waals surface area contributed by atoms with Gasteiger partial charge in [0.05, 0.1) is 30.4 Å². The molecule has 0 saturated heterocycles. The molecule has 3 aromatic heterocycles. The van der Waals surface area contributed by atoms with Crippen molar-refractivity contribution in [1.82, 2.24) is 20.2 Å². The summed E-state index contributed by atoms with van der Waals surface area (Å²) in [5.74, 6) is 6.04. The van der Waals surface area contributed by atoms with Gasteiger partial charge in [-0.05, 0) is 75.8 Å². The van der Waals surface area contributed by atoms with Gasteiger partial charge in [-0.25, -0.2) is 19.2 Å². The van der Waals surface area contributed by atoms with E-state index < -0.39 is 11.8 Å². The fourth-order valence-electron chi connectivity index (χ4n) is 5.23. The molecule has 10 nitrogen and oxygen atoms in total. The lowest BCUT2D eigenvalue weighted by Crippen LogP contribution is -2.32. The molecule has 0 bridgehead atoms. The number of aryl methyl sites for hydroxylation is 1. The molecule has 48 heavy (non-hydrogen) atoms. The predicted molar refractivity (Wildman–Crippen MR) is 197 cm³/mol. The van der Waals surface area contributed by atoms with E-state index in [4.69, 9.17) is 4.74 Å². The van der Waals surface area contributed by atoms with Crippen LogP contribution in [-0.2, 0) is 12.8 Å². The van der Waals surface area contributed by atoms with Gasteiger partial charge >= 0.3 is 5.97 Å². The van der Waals surface area contributed by atoms with Crippen LogP contribution in [0.1, 0.15) is 51.8 Å². The average molecular weight is 799 g/mol. The van der Waals surface area contributed by atoms with Gasteiger partial charge in [0.15, 0.2) is 39.2 Å². The number of aromatic carboxylic acids is 1. The maximum absolute atomic E-state index is 14.7. The molecule has 1 aliphatic heterocycles. The summed E-state index contributed by atoms with van der Waals surface area (Å²) in [7, 11) is 2.08. The van der Waals surface area contributed by atoms with Gasteiger partial charge in [0.25, 0.3) is 0 Å². The van der Waals surface area contributed by atoms with E-state index in [0.717, 1.165) is 48.6 Å². The fraction of sp³-hybridized carbons (Fsp3) is 0.324. The van der Waals surface area contributed by atoms with Crippen LogP contribution in [0, 0.1) is 24.6 Å². The van der Waals surface area contributed by atoms with Crippen LogP contribution in [0.2, 0.25) is 0 Å². The second kappa shape index (κ2) is 14.7. The molecule has 0 aliphatic carbocycles. The molecule has 2 aromatic carbocycles. The van der Waals surface area contributed by atoms with E-state index in [0.29, 0.717) is 53.1 Å². The van der Waals surface area contributed by atoms with Crippen LogP contribution in [0.3, 0.4) is 0 Å². The highest BCUT2D eigenvalue weighted by Gasteiger charge is 2.28. The number of fused-ring (bicyclic) bond motifs is 2. The predicted octanol–water partition coefficient (Wildman–Crippen LogP) is 7.70. The molecular weight excluding hydrogens is 764 g/mol. The fourth-order valence-corrected chi connectivity index (χ4v) is 7.39. The number of para-hydroxylation sites is 1. The number of hydrogen-bond donors (Lipinski definition) is 2. The summed E-state index contributed by atoms with van der Waals surface area (Å²) in [5, 5.41) is 23.7. The minimum absolute atomic E-state index is 0.0133. The van der Waals surface area contributed by atoms with Gasteiger partial charge in [0.2, 0.25) is 22.9 Å². The van der Waals surface area contributed by atoms with Crippen molar-refractivity contribution in [3.63, 3.8) is 0 Å². The Balaban J connectivity index is 1.11. The Morgan fingerprint density at radius 2 is 2.04 bits per heavy atom. The van der Waals surface area contributed by atoms with E-state index in [1.54, 1.807) is 23.5 Å². The Morgan fingerprint density at radius 3 is 2.81 bits per heavy atom. The summed E-state index contributed by atoms with van der Waals surface area (Å²) >= 11 is 5.22. The van der Waals surface area contributed by atoms with Crippen LogP contribution in [0.5, 0.6) is 5.75 Å². The number of rotatable bonds is 11. The van der Waals surface area contributed by atoms with Crippen molar-refractivity contribution in [3.05, 3.63) is 75.5 Å². The first-order valence-electron chi connectivity index (χ1n) is 15.6. The Kier molecular flexibility index (Phi) is 10.4. The third-order valence-corrected chi connectivity index (χ3v) is 11.2. The molecule has 4 heterocycles. The topological polar surface area (TPSA) is 113 Å². The number of thiazole rings is 2. The van der Waals surface area contributed by atoms with Crippen molar-refractivity contribution in [2.45, 2.75) is 39.5 Å². The van der Waals surface area contributed by atoms with E-state index in [-0.39, 0.29) is 18.1 Å². The van der Waals surface area contributed by atoms with E-state index in [1.807, 2.05) is 36.1 Å². The highest BCUT2D eigenvalue weighted by atomic mass is 127. The molecule has 6 rings (SSSR count). The average Bonchev–Trinajstić information content (AvgIpc) is 3.69. The summed E-state index contributed by atoms with van der Waals surface area (Å²) in [4.78, 5) is 23.9. The Morgan fingerprint density at radius 1 is 1.21 bits per heavy atom. The van der Waals surface area contributed by atoms with Gasteiger partial charge in [-0.2, -0.15) is 0 Å². The monoisotopic (exact) mass is 798 g/mol. The van der Waals surface area contributed by atoms with E-state index in [9.17, 15) is 14.3 Å². The van der Waals surface area contributed by atoms with Crippen molar-refractivity contribution < 1.29 is 21.7 Å². The third kappa shape index (κ3) is 7.70. The van der Waals surface area contributed by atoms with Crippen LogP contribution >= 0.6 is 45.5 Å². The molecule has 5 aromatic rings. The molecule has 0 saturated carbocycles. The summed E-state index contributed by atoms with van der Waals surface area (Å²) < 4.78 is 22.3. The second-order valence-electron chi connectivity index (χ2n) is 11.6. The zero-order valence-electron chi connectivity index (χ0n) is 26.7. The van der Waals surface area contributed by atoms with Crippen LogP contribution in [0.25, 0.3) is 10.2 Å². The maximum atomic E-state index is 14.7. The summed E-state index contributed by atoms with van der Waals surface area (Å²) in [6.45, 7) is 6.59. The summed E-state index contributed by atoms with van der Waals surface area (Å²) in [6.07, 6.45) is 2.59. The van der Waals surface area contributed by atoms with Crippen molar-refractivity contribution >= 4 is 83.6 Å². The first-order valence-corrected chi connectivity index (χ1v) is 18.2. The third-order valence-electron chi connectivity index (χ3n) is 8.06. The van der Waals surface area contributed by atoms with Crippen LogP contribution in [0.4, 0.5) is 26.3 Å². The van der Waals surface area contributed by atoms with Gasteiger partial charge in [-0.1, -0.05) is 29.4 Å². The number of hydrogen-bond acceptors (Lipinski definition) is 10. The molecule has 1 atom stereocenters. The number of benzene rings is 2. The first-order chi connectivity index (χ1) is 23.1. The molecule has 14 heteroatoms. The molecule has 0 spiro atoms. The van der Waals surface area contributed by atoms with Gasteiger partial charge in [0.1, 0.15) is 6.54 Å². The lowest BCUT2D eigenvalue weighted by molar-refractivity contribution is -0.719. The smallest absolute Gasteiger partial charge is 0.355 e. The van der Waals surface area contributed by atoms with Crippen molar-refractivity contribution in [3.8, 4) is 17.6 Å². The van der Waals surface area contributed by atoms with Crippen LogP contribution in [-0.4, -0.2) is 67.2 Å². The van der Waals surface area contributed by atoms with Crippen LogP contribution < -0.4 is 15.0 Å². The highest BCUT2D eigenvalue weighted by Crippen LogP contribution is 2.39. The number of quaternary nitrogens is 1. The van der Waals surface area contributed by atoms with Gasteiger partial charge in [0, 0.05) is 28.1 Å². The number of ether oxygens (including phenoxy) is 1. The lowest BCUT2D eigenvalue weighted by atomic mass is 10.0. The SMILES string of the molecule is CC[N+](C)(I)CC#Cc1ccc(OCCCc2sc(N3CCCc4c3nnc(Nc3nc5ccccc5s3)c4C)nc2C(=O)O)c(F)c1. The number of halogens is 2. The number of carbonyl (C=O) groups is 1. The van der Waals surface area contributed by atoms with E-state index in [1.165, 1.54) is 17.4 Å². The molecule has 2 N–H and O–H groups in total. The standard InChI is InChI=1S/C34H33FIN7O3S2/c1-4-43(3,36)18-8-10-22-15-16-26(24(35)20-22)46-19-9-14-28-29(32(44)45)38-34(48-28)42-17-7-11-23-21(2)30(40-41-31(23)42)39-33-37-25-12-5-6-13-27(25)47-33/h5-6,12-13,15-16,20H,4,7,9,11,14,17-19H2,1-3H3,(H-,37,39,40,44,45)/p+1. The van der Waals surface area contributed by atoms with E-state index in [2.05, 4.69) is 74.2 Å². The van der Waals surface area contributed by atoms with Crippen molar-refractivity contribution in [2.24, 2.45) is 0 Å². The molecule has 0 fully saturated rings. The summed E-state index contributed by atoms with van der Waals surface area (Å²) in [6, 6.07) is 12.7. The zero-order valence-corrected chi connectivity index (χ0v) is 30.5. The molecular formula is C34H34FIN7O3S2+. The summed E-state index contributed by atoms with van der Waals surface area (Å²) in [5.41, 5.74) is 3.55. The lowest BCUT2D eigenvalue weighted by Gasteiger charge is -2.28. The second-order valence-corrected chi connectivity index (χ2v) is 16.0. The Labute approximate surface area is 300 Å². The van der Waals surface area contributed by atoms with Crippen molar-refractivity contribution in [1.29, 1.82) is 0 Å². The van der Waals surface area contributed by atoms with Gasteiger partial charge < -0.3 is 20.1 Å². The number of anilines is 4. The molecule has 1 unspecified atom stereocenters. The van der Waals surface area contributed by atoms with Crippen LogP contribution in [0.15, 0.2) is 42.5 Å². The number of nitrogens with one attached hydrogen (secondary N) is 1. The minimum Gasteiger partial charge on any atom is -0.491 e. The molecule has 0 radical (unpaired) electrons. The van der Waals surface area contributed by atoms with Gasteiger partial charge in [-0.15, -0.1) is 21.5 Å².